The number of nitrogens with one attached hydrogen (secondary N) is 1. The molecule has 25 heavy (non-hydrogen) atoms. The number of morpholine rings is 1. The van der Waals surface area contributed by atoms with Crippen molar-refractivity contribution in [3.8, 4) is 0 Å². The molecule has 1 N–H and O–H groups in total. The van der Waals surface area contributed by atoms with E-state index in [1.165, 1.54) is 12.1 Å². The summed E-state index contributed by atoms with van der Waals surface area (Å²) in [6.45, 7) is 6.19. The van der Waals surface area contributed by atoms with Gasteiger partial charge in [0.05, 0.1) is 22.7 Å². The summed E-state index contributed by atoms with van der Waals surface area (Å²) in [4.78, 5) is 1.42. The number of rotatable bonds is 6. The van der Waals surface area contributed by atoms with Gasteiger partial charge in [0.25, 0.3) is 0 Å². The largest absolute Gasteiger partial charge is 0.417 e. The number of benzene rings is 1. The summed E-state index contributed by atoms with van der Waals surface area (Å²) in [6.07, 6.45) is -3.99. The predicted octanol–water partition coefficient (Wildman–Crippen LogP) is 2.48. The molecule has 0 spiro atoms. The molecule has 0 saturated carbocycles. The van der Waals surface area contributed by atoms with E-state index in [2.05, 4.69) is 9.62 Å². The van der Waals surface area contributed by atoms with E-state index in [0.29, 0.717) is 13.0 Å². The van der Waals surface area contributed by atoms with E-state index >= 15 is 0 Å². The van der Waals surface area contributed by atoms with Crippen LogP contribution in [0.2, 0.25) is 0 Å². The second-order valence-corrected chi connectivity index (χ2v) is 8.00. The smallest absolute Gasteiger partial charge is 0.373 e. The third kappa shape index (κ3) is 5.67. The van der Waals surface area contributed by atoms with Gasteiger partial charge in [-0.2, -0.15) is 13.2 Å². The molecule has 1 aliphatic heterocycles. The minimum absolute atomic E-state index is 0.0780. The first-order valence-electron chi connectivity index (χ1n) is 8.13. The Morgan fingerprint density at radius 1 is 1.20 bits per heavy atom. The van der Waals surface area contributed by atoms with Crippen molar-refractivity contribution in [1.82, 2.24) is 9.62 Å². The highest BCUT2D eigenvalue weighted by Gasteiger charge is 2.36. The maximum absolute atomic E-state index is 13.0. The van der Waals surface area contributed by atoms with Gasteiger partial charge in [0.1, 0.15) is 0 Å². The van der Waals surface area contributed by atoms with Gasteiger partial charge in [0.2, 0.25) is 10.0 Å². The zero-order valence-corrected chi connectivity index (χ0v) is 15.0. The number of hydrogen-bond acceptors (Lipinski definition) is 4. The molecule has 1 heterocycles. The lowest BCUT2D eigenvalue weighted by molar-refractivity contribution is -0.139. The summed E-state index contributed by atoms with van der Waals surface area (Å²) in [6, 6.07) is 4.18. The van der Waals surface area contributed by atoms with E-state index in [9.17, 15) is 21.6 Å². The number of hydrogen-bond donors (Lipinski definition) is 1. The number of halogens is 3. The van der Waals surface area contributed by atoms with Crippen LogP contribution in [-0.2, 0) is 20.9 Å². The van der Waals surface area contributed by atoms with Gasteiger partial charge in [-0.15, -0.1) is 0 Å². The zero-order valence-electron chi connectivity index (χ0n) is 14.2. The van der Waals surface area contributed by atoms with Crippen LogP contribution in [-0.4, -0.2) is 51.7 Å². The second-order valence-electron chi connectivity index (χ2n) is 6.26. The van der Waals surface area contributed by atoms with Gasteiger partial charge in [-0.05, 0) is 38.9 Å². The quantitative estimate of drug-likeness (QED) is 0.771. The fourth-order valence-electron chi connectivity index (χ4n) is 2.99. The fraction of sp³-hybridized carbons (Fsp3) is 0.625. The van der Waals surface area contributed by atoms with Gasteiger partial charge in [-0.3, -0.25) is 4.90 Å². The molecule has 0 aromatic heterocycles. The van der Waals surface area contributed by atoms with E-state index in [0.717, 1.165) is 25.2 Å². The molecule has 2 rings (SSSR count). The molecule has 1 aromatic rings. The third-order valence-electron chi connectivity index (χ3n) is 3.92. The lowest BCUT2D eigenvalue weighted by atomic mass is 10.2. The van der Waals surface area contributed by atoms with Crippen LogP contribution in [0.1, 0.15) is 25.8 Å². The van der Waals surface area contributed by atoms with Gasteiger partial charge in [-0.1, -0.05) is 12.1 Å². The predicted molar refractivity (Wildman–Crippen MR) is 87.7 cm³/mol. The van der Waals surface area contributed by atoms with Gasteiger partial charge >= 0.3 is 6.18 Å². The van der Waals surface area contributed by atoms with Crippen molar-refractivity contribution in [2.24, 2.45) is 0 Å². The minimum atomic E-state index is -4.72. The molecule has 0 radical (unpaired) electrons. The Kier molecular flexibility index (Phi) is 6.47. The molecule has 0 bridgehead atoms. The van der Waals surface area contributed by atoms with Gasteiger partial charge < -0.3 is 4.74 Å². The van der Waals surface area contributed by atoms with Gasteiger partial charge in [0.15, 0.2) is 0 Å². The molecule has 1 saturated heterocycles. The third-order valence-corrected chi connectivity index (χ3v) is 5.44. The first kappa shape index (κ1) is 20.2. The van der Waals surface area contributed by atoms with Crippen LogP contribution in [0.15, 0.2) is 29.2 Å². The lowest BCUT2D eigenvalue weighted by Crippen LogP contribution is -2.46. The van der Waals surface area contributed by atoms with E-state index in [-0.39, 0.29) is 18.8 Å². The number of ether oxygens (including phenoxy) is 1. The van der Waals surface area contributed by atoms with Crippen LogP contribution < -0.4 is 4.72 Å². The average molecular weight is 380 g/mol. The topological polar surface area (TPSA) is 58.6 Å². The summed E-state index contributed by atoms with van der Waals surface area (Å²) in [5.41, 5.74) is -1.15. The van der Waals surface area contributed by atoms with Crippen molar-refractivity contribution >= 4 is 10.0 Å². The molecule has 2 atom stereocenters. The Morgan fingerprint density at radius 2 is 1.80 bits per heavy atom. The summed E-state index contributed by atoms with van der Waals surface area (Å²) in [5, 5.41) is 0. The minimum Gasteiger partial charge on any atom is -0.373 e. The summed E-state index contributed by atoms with van der Waals surface area (Å²) in [5.74, 6) is 0. The molecule has 2 unspecified atom stereocenters. The Hall–Kier alpha value is -1.16. The van der Waals surface area contributed by atoms with E-state index in [1.54, 1.807) is 0 Å². The van der Waals surface area contributed by atoms with Crippen molar-refractivity contribution in [3.05, 3.63) is 29.8 Å². The van der Waals surface area contributed by atoms with Crippen molar-refractivity contribution < 1.29 is 26.3 Å². The van der Waals surface area contributed by atoms with E-state index in [1.807, 2.05) is 13.8 Å². The molecule has 5 nitrogen and oxygen atoms in total. The number of alkyl halides is 3. The molecule has 0 aliphatic carbocycles. The first-order valence-corrected chi connectivity index (χ1v) is 9.61. The molecule has 1 aliphatic rings. The van der Waals surface area contributed by atoms with Gasteiger partial charge in [-0.25, -0.2) is 13.1 Å². The highest BCUT2D eigenvalue weighted by Crippen LogP contribution is 2.33. The highest BCUT2D eigenvalue weighted by atomic mass is 32.2. The summed E-state index contributed by atoms with van der Waals surface area (Å²) in [7, 11) is -4.21. The Balaban J connectivity index is 1.92. The molecular weight excluding hydrogens is 357 g/mol. The zero-order chi connectivity index (χ0) is 18.7. The molecular formula is C16H23F3N2O3S. The molecule has 9 heteroatoms. The number of sulfonamides is 1. The van der Waals surface area contributed by atoms with Crippen molar-refractivity contribution in [2.75, 3.05) is 26.2 Å². The van der Waals surface area contributed by atoms with Crippen LogP contribution in [0.3, 0.4) is 0 Å². The van der Waals surface area contributed by atoms with Gasteiger partial charge in [0, 0.05) is 19.6 Å². The summed E-state index contributed by atoms with van der Waals surface area (Å²) >= 11 is 0. The van der Waals surface area contributed by atoms with Crippen molar-refractivity contribution in [2.45, 2.75) is 43.5 Å². The van der Waals surface area contributed by atoms with Crippen molar-refractivity contribution in [3.63, 3.8) is 0 Å². The standard InChI is InChI=1S/C16H23F3N2O3S/c1-12-10-21(11-13(2)24-12)9-5-8-20-25(22,23)15-7-4-3-6-14(15)16(17,18)19/h3-4,6-7,12-13,20H,5,8-11H2,1-2H3. The molecule has 142 valence electrons. The van der Waals surface area contributed by atoms with Crippen LogP contribution in [0.5, 0.6) is 0 Å². The van der Waals surface area contributed by atoms with Crippen molar-refractivity contribution in [1.29, 1.82) is 0 Å². The highest BCUT2D eigenvalue weighted by molar-refractivity contribution is 7.89. The second kappa shape index (κ2) is 8.03. The SMILES string of the molecule is CC1CN(CCCNS(=O)(=O)c2ccccc2C(F)(F)F)CC(C)O1. The Labute approximate surface area is 146 Å². The van der Waals surface area contributed by atoms with Crippen LogP contribution >= 0.6 is 0 Å². The summed E-state index contributed by atoms with van der Waals surface area (Å²) < 4.78 is 71.2. The fourth-order valence-corrected chi connectivity index (χ4v) is 4.29. The van der Waals surface area contributed by atoms with E-state index < -0.39 is 26.7 Å². The molecule has 1 fully saturated rings. The first-order chi connectivity index (χ1) is 11.6. The lowest BCUT2D eigenvalue weighted by Gasteiger charge is -2.35. The molecule has 1 aromatic carbocycles. The van der Waals surface area contributed by atoms with E-state index in [4.69, 9.17) is 4.74 Å². The Bertz CT molecular complexity index is 669. The van der Waals surface area contributed by atoms with Crippen LogP contribution in [0.25, 0.3) is 0 Å². The number of nitrogens with zero attached hydrogens (tertiary/aromatic N) is 1. The Morgan fingerprint density at radius 3 is 2.40 bits per heavy atom. The normalized spacial score (nSPS) is 22.9. The maximum atomic E-state index is 13.0. The van der Waals surface area contributed by atoms with Crippen LogP contribution in [0, 0.1) is 0 Å². The average Bonchev–Trinajstić information content (AvgIpc) is 2.50. The maximum Gasteiger partial charge on any atom is 0.417 e. The van der Waals surface area contributed by atoms with Crippen LogP contribution in [0.4, 0.5) is 13.2 Å². The molecule has 0 amide bonds. The monoisotopic (exact) mass is 380 g/mol.